The van der Waals surface area contributed by atoms with Gasteiger partial charge in [0.1, 0.15) is 0 Å². The molecule has 0 aromatic rings. The Bertz CT molecular complexity index is 146. The van der Waals surface area contributed by atoms with Gasteiger partial charge in [0.05, 0.1) is 0 Å². The molecule has 10 heavy (non-hydrogen) atoms. The highest BCUT2D eigenvalue weighted by Gasteiger charge is 2.02. The summed E-state index contributed by atoms with van der Waals surface area (Å²) in [6.45, 7) is 6.09. The molecule has 0 atom stereocenters. The fraction of sp³-hybridized carbons (Fsp3) is 0.571. The summed E-state index contributed by atoms with van der Waals surface area (Å²) in [6.07, 6.45) is 3.42. The van der Waals surface area contributed by atoms with E-state index >= 15 is 0 Å². The van der Waals surface area contributed by atoms with Gasteiger partial charge in [0, 0.05) is 6.20 Å². The van der Waals surface area contributed by atoms with E-state index in [4.69, 9.17) is 11.6 Å². The zero-order valence-electron chi connectivity index (χ0n) is 6.44. The molecule has 0 aliphatic heterocycles. The number of nitrogens with one attached hydrogen (secondary N) is 1. The maximum absolute atomic E-state index is 10.1. The van der Waals surface area contributed by atoms with Gasteiger partial charge in [-0.05, 0) is 17.0 Å². The van der Waals surface area contributed by atoms with Gasteiger partial charge in [-0.1, -0.05) is 26.8 Å². The Morgan fingerprint density at radius 3 is 2.30 bits per heavy atom. The third kappa shape index (κ3) is 7.50. The number of halogens is 1. The number of hydrogen-bond donors (Lipinski definition) is 1. The molecule has 1 amide bonds. The highest BCUT2D eigenvalue weighted by molar-refractivity contribution is 6.63. The highest BCUT2D eigenvalue weighted by atomic mass is 35.5. The van der Waals surface area contributed by atoms with E-state index in [1.807, 2.05) is 26.8 Å². The van der Waals surface area contributed by atoms with Gasteiger partial charge in [-0.2, -0.15) is 0 Å². The predicted octanol–water partition coefficient (Wildman–Crippen LogP) is 2.49. The first-order valence-corrected chi connectivity index (χ1v) is 3.43. The van der Waals surface area contributed by atoms with Gasteiger partial charge in [0.25, 0.3) is 0 Å². The van der Waals surface area contributed by atoms with Crippen molar-refractivity contribution in [1.29, 1.82) is 0 Å². The van der Waals surface area contributed by atoms with Crippen molar-refractivity contribution in [2.75, 3.05) is 0 Å². The van der Waals surface area contributed by atoms with Crippen LogP contribution in [0.15, 0.2) is 12.3 Å². The Morgan fingerprint density at radius 1 is 1.50 bits per heavy atom. The molecule has 0 heterocycles. The highest BCUT2D eigenvalue weighted by Crippen LogP contribution is 2.13. The van der Waals surface area contributed by atoms with Gasteiger partial charge in [0.2, 0.25) is 0 Å². The summed E-state index contributed by atoms with van der Waals surface area (Å²) >= 11 is 5.01. The number of carbonyl (C=O) groups excluding carboxylic acids is 1. The number of carbonyl (C=O) groups is 1. The summed E-state index contributed by atoms with van der Waals surface area (Å²) in [4.78, 5) is 10.1. The van der Waals surface area contributed by atoms with Crippen LogP contribution in [0.5, 0.6) is 0 Å². The Morgan fingerprint density at radius 2 is 2.00 bits per heavy atom. The zero-order chi connectivity index (χ0) is 8.20. The Labute approximate surface area is 66.3 Å². The third-order valence-corrected chi connectivity index (χ3v) is 0.889. The van der Waals surface area contributed by atoms with Gasteiger partial charge in [-0.3, -0.25) is 4.79 Å². The van der Waals surface area contributed by atoms with Crippen LogP contribution in [0.3, 0.4) is 0 Å². The first-order chi connectivity index (χ1) is 4.42. The number of amides is 1. The Kier molecular flexibility index (Phi) is 3.43. The predicted molar refractivity (Wildman–Crippen MR) is 43.0 cm³/mol. The maximum atomic E-state index is 10.1. The zero-order valence-corrected chi connectivity index (χ0v) is 7.20. The summed E-state index contributed by atoms with van der Waals surface area (Å²) in [6, 6.07) is 0. The van der Waals surface area contributed by atoms with Crippen LogP contribution in [0.25, 0.3) is 0 Å². The molecule has 0 spiro atoms. The van der Waals surface area contributed by atoms with Crippen molar-refractivity contribution in [3.8, 4) is 0 Å². The minimum Gasteiger partial charge on any atom is -0.319 e. The van der Waals surface area contributed by atoms with E-state index in [1.54, 1.807) is 6.20 Å². The van der Waals surface area contributed by atoms with Crippen molar-refractivity contribution in [2.45, 2.75) is 20.8 Å². The molecule has 58 valence electrons. The van der Waals surface area contributed by atoms with Crippen LogP contribution < -0.4 is 5.32 Å². The van der Waals surface area contributed by atoms with E-state index in [0.717, 1.165) is 0 Å². The minimum absolute atomic E-state index is 0.0827. The second kappa shape index (κ2) is 3.62. The van der Waals surface area contributed by atoms with Crippen LogP contribution in [0.4, 0.5) is 4.79 Å². The first-order valence-electron chi connectivity index (χ1n) is 3.05. The maximum Gasteiger partial charge on any atom is 0.317 e. The van der Waals surface area contributed by atoms with Gasteiger partial charge in [-0.25, -0.2) is 0 Å². The van der Waals surface area contributed by atoms with Gasteiger partial charge in [0.15, 0.2) is 0 Å². The number of allylic oxidation sites excluding steroid dienone is 1. The standard InChI is InChI=1S/C7H12ClNO/c1-7(2,3)4-5-9-6(8)10/h4-5H,1-3H3,(H,9,10). The molecule has 0 saturated carbocycles. The molecule has 2 nitrogen and oxygen atoms in total. The summed E-state index contributed by atoms with van der Waals surface area (Å²) < 4.78 is 0. The van der Waals surface area contributed by atoms with E-state index in [-0.39, 0.29) is 5.41 Å². The largest absolute Gasteiger partial charge is 0.319 e. The van der Waals surface area contributed by atoms with Crippen LogP contribution in [0.2, 0.25) is 0 Å². The molecule has 0 fully saturated rings. The molecule has 0 aliphatic carbocycles. The Hall–Kier alpha value is -0.500. The second-order valence-corrected chi connectivity index (χ2v) is 3.46. The smallest absolute Gasteiger partial charge is 0.317 e. The molecule has 0 aliphatic rings. The van der Waals surface area contributed by atoms with Crippen LogP contribution in [0.1, 0.15) is 20.8 Å². The van der Waals surface area contributed by atoms with E-state index in [2.05, 4.69) is 5.32 Å². The lowest BCUT2D eigenvalue weighted by molar-refractivity contribution is 0.262. The van der Waals surface area contributed by atoms with Crippen molar-refractivity contribution in [1.82, 2.24) is 5.32 Å². The molecule has 3 heteroatoms. The molecular formula is C7H12ClNO. The van der Waals surface area contributed by atoms with Gasteiger partial charge in [-0.15, -0.1) is 0 Å². The topological polar surface area (TPSA) is 29.1 Å². The van der Waals surface area contributed by atoms with Crippen molar-refractivity contribution < 1.29 is 4.79 Å². The molecule has 1 N–H and O–H groups in total. The van der Waals surface area contributed by atoms with Gasteiger partial charge < -0.3 is 5.32 Å². The SMILES string of the molecule is CC(C)(C)C=CNC(=O)Cl. The summed E-state index contributed by atoms with van der Waals surface area (Å²) in [5, 5.41) is 1.79. The average Bonchev–Trinajstić information content (AvgIpc) is 1.59. The van der Waals surface area contributed by atoms with E-state index in [9.17, 15) is 4.79 Å². The van der Waals surface area contributed by atoms with Crippen LogP contribution in [-0.2, 0) is 0 Å². The van der Waals surface area contributed by atoms with Crippen LogP contribution in [-0.4, -0.2) is 5.37 Å². The van der Waals surface area contributed by atoms with Crippen molar-refractivity contribution in [3.05, 3.63) is 12.3 Å². The normalized spacial score (nSPS) is 12.0. The van der Waals surface area contributed by atoms with Crippen LogP contribution in [0, 0.1) is 5.41 Å². The molecule has 0 radical (unpaired) electrons. The third-order valence-electron chi connectivity index (χ3n) is 0.780. The van der Waals surface area contributed by atoms with Gasteiger partial charge >= 0.3 is 5.37 Å². The number of hydrogen-bond acceptors (Lipinski definition) is 1. The lowest BCUT2D eigenvalue weighted by atomic mass is 9.97. The molecule has 0 rings (SSSR count). The van der Waals surface area contributed by atoms with Crippen molar-refractivity contribution in [2.24, 2.45) is 5.41 Å². The van der Waals surface area contributed by atoms with Crippen molar-refractivity contribution in [3.63, 3.8) is 0 Å². The molecule has 0 unspecified atom stereocenters. The summed E-state index contributed by atoms with van der Waals surface area (Å²) in [7, 11) is 0. The second-order valence-electron chi connectivity index (χ2n) is 3.12. The minimum atomic E-state index is -0.555. The van der Waals surface area contributed by atoms with Crippen LogP contribution >= 0.6 is 11.6 Å². The van der Waals surface area contributed by atoms with E-state index < -0.39 is 5.37 Å². The fourth-order valence-corrected chi connectivity index (χ4v) is 0.420. The lowest BCUT2D eigenvalue weighted by Crippen LogP contribution is -2.09. The fourth-order valence-electron chi connectivity index (χ4n) is 0.357. The number of rotatable bonds is 1. The molecule has 0 saturated heterocycles. The molecule has 0 bridgehead atoms. The van der Waals surface area contributed by atoms with E-state index in [0.29, 0.717) is 0 Å². The van der Waals surface area contributed by atoms with Crippen molar-refractivity contribution >= 4 is 17.0 Å². The van der Waals surface area contributed by atoms with E-state index in [1.165, 1.54) is 0 Å². The quantitative estimate of drug-likeness (QED) is 0.465. The Balaban J connectivity index is 3.67. The molecule has 0 aromatic carbocycles. The lowest BCUT2D eigenvalue weighted by Gasteiger charge is -2.10. The summed E-state index contributed by atoms with van der Waals surface area (Å²) in [5.41, 5.74) is 0.0827. The first kappa shape index (κ1) is 9.50. The monoisotopic (exact) mass is 161 g/mol. The molecular weight excluding hydrogens is 150 g/mol. The molecule has 0 aromatic heterocycles. The summed E-state index contributed by atoms with van der Waals surface area (Å²) in [5.74, 6) is 0. The average molecular weight is 162 g/mol.